The van der Waals surface area contributed by atoms with E-state index in [4.69, 9.17) is 0 Å². The van der Waals surface area contributed by atoms with E-state index in [1.165, 1.54) is 19.3 Å². The van der Waals surface area contributed by atoms with Gasteiger partial charge in [0.2, 0.25) is 0 Å². The van der Waals surface area contributed by atoms with Crippen molar-refractivity contribution >= 4 is 17.0 Å². The average molecular weight is 271 g/mol. The SMILES string of the molecule is CCCNC1CCN(c2ccc3nccnc3n2)CC1. The van der Waals surface area contributed by atoms with Gasteiger partial charge >= 0.3 is 0 Å². The Bertz CT molecular complexity index is 563. The lowest BCUT2D eigenvalue weighted by Gasteiger charge is -2.33. The number of anilines is 1. The molecule has 1 aliphatic rings. The van der Waals surface area contributed by atoms with Gasteiger partial charge in [0.1, 0.15) is 11.3 Å². The highest BCUT2D eigenvalue weighted by Gasteiger charge is 2.19. The highest BCUT2D eigenvalue weighted by Crippen LogP contribution is 2.19. The van der Waals surface area contributed by atoms with Gasteiger partial charge in [-0.05, 0) is 37.9 Å². The molecule has 5 heteroatoms. The minimum Gasteiger partial charge on any atom is -0.356 e. The van der Waals surface area contributed by atoms with Gasteiger partial charge in [0.25, 0.3) is 0 Å². The normalized spacial score (nSPS) is 16.8. The van der Waals surface area contributed by atoms with Crippen molar-refractivity contribution in [3.63, 3.8) is 0 Å². The van der Waals surface area contributed by atoms with Crippen LogP contribution in [0, 0.1) is 0 Å². The second-order valence-corrected chi connectivity index (χ2v) is 5.28. The first-order chi connectivity index (χ1) is 9.86. The van der Waals surface area contributed by atoms with Crippen molar-refractivity contribution in [1.29, 1.82) is 0 Å². The van der Waals surface area contributed by atoms with Crippen LogP contribution in [0.3, 0.4) is 0 Å². The van der Waals surface area contributed by atoms with E-state index in [9.17, 15) is 0 Å². The maximum atomic E-state index is 4.62. The summed E-state index contributed by atoms with van der Waals surface area (Å²) in [5.41, 5.74) is 1.59. The van der Waals surface area contributed by atoms with Crippen molar-refractivity contribution in [2.75, 3.05) is 24.5 Å². The summed E-state index contributed by atoms with van der Waals surface area (Å²) >= 11 is 0. The second kappa shape index (κ2) is 6.13. The molecule has 106 valence electrons. The molecule has 0 bridgehead atoms. The summed E-state index contributed by atoms with van der Waals surface area (Å²) in [4.78, 5) is 15.5. The molecule has 1 saturated heterocycles. The highest BCUT2D eigenvalue weighted by atomic mass is 15.2. The number of fused-ring (bicyclic) bond motifs is 1. The van der Waals surface area contributed by atoms with Crippen molar-refractivity contribution in [2.24, 2.45) is 0 Å². The van der Waals surface area contributed by atoms with Gasteiger partial charge in [0.05, 0.1) is 0 Å². The molecule has 1 N–H and O–H groups in total. The summed E-state index contributed by atoms with van der Waals surface area (Å²) < 4.78 is 0. The van der Waals surface area contributed by atoms with Crippen LogP contribution in [0.1, 0.15) is 26.2 Å². The van der Waals surface area contributed by atoms with Crippen molar-refractivity contribution < 1.29 is 0 Å². The smallest absolute Gasteiger partial charge is 0.180 e. The minimum absolute atomic E-state index is 0.659. The minimum atomic E-state index is 0.659. The van der Waals surface area contributed by atoms with Crippen LogP contribution >= 0.6 is 0 Å². The molecule has 3 rings (SSSR count). The van der Waals surface area contributed by atoms with Crippen LogP contribution in [0.25, 0.3) is 11.2 Å². The first-order valence-corrected chi connectivity index (χ1v) is 7.43. The third-order valence-electron chi connectivity index (χ3n) is 3.82. The Morgan fingerprint density at radius 1 is 1.20 bits per heavy atom. The Hall–Kier alpha value is -1.75. The summed E-state index contributed by atoms with van der Waals surface area (Å²) in [7, 11) is 0. The zero-order chi connectivity index (χ0) is 13.8. The van der Waals surface area contributed by atoms with Gasteiger partial charge in [0.15, 0.2) is 5.65 Å². The lowest BCUT2D eigenvalue weighted by Crippen LogP contribution is -2.43. The number of aromatic nitrogens is 3. The number of hydrogen-bond donors (Lipinski definition) is 1. The molecular weight excluding hydrogens is 250 g/mol. The fourth-order valence-corrected chi connectivity index (χ4v) is 2.68. The molecule has 0 aliphatic carbocycles. The van der Waals surface area contributed by atoms with E-state index >= 15 is 0 Å². The van der Waals surface area contributed by atoms with Gasteiger partial charge in [-0.15, -0.1) is 0 Å². The third-order valence-corrected chi connectivity index (χ3v) is 3.82. The molecule has 1 fully saturated rings. The second-order valence-electron chi connectivity index (χ2n) is 5.28. The van der Waals surface area contributed by atoms with E-state index in [1.54, 1.807) is 12.4 Å². The zero-order valence-electron chi connectivity index (χ0n) is 11.9. The first-order valence-electron chi connectivity index (χ1n) is 7.43. The molecule has 2 aromatic rings. The fraction of sp³-hybridized carbons (Fsp3) is 0.533. The third kappa shape index (κ3) is 2.88. The molecule has 0 aromatic carbocycles. The fourth-order valence-electron chi connectivity index (χ4n) is 2.68. The molecule has 0 unspecified atom stereocenters. The Labute approximate surface area is 119 Å². The van der Waals surface area contributed by atoms with Crippen LogP contribution in [-0.4, -0.2) is 40.6 Å². The van der Waals surface area contributed by atoms with E-state index in [2.05, 4.69) is 38.2 Å². The van der Waals surface area contributed by atoms with Crippen LogP contribution in [0.15, 0.2) is 24.5 Å². The number of hydrogen-bond acceptors (Lipinski definition) is 5. The van der Waals surface area contributed by atoms with Crippen LogP contribution in [0.5, 0.6) is 0 Å². The van der Waals surface area contributed by atoms with Gasteiger partial charge in [-0.2, -0.15) is 0 Å². The van der Waals surface area contributed by atoms with Crippen LogP contribution in [-0.2, 0) is 0 Å². The largest absolute Gasteiger partial charge is 0.356 e. The molecule has 20 heavy (non-hydrogen) atoms. The zero-order valence-corrected chi connectivity index (χ0v) is 11.9. The Balaban J connectivity index is 1.67. The molecule has 0 atom stereocenters. The summed E-state index contributed by atoms with van der Waals surface area (Å²) in [6.07, 6.45) is 6.96. The molecule has 3 heterocycles. The highest BCUT2D eigenvalue weighted by molar-refractivity contribution is 5.71. The predicted molar refractivity (Wildman–Crippen MR) is 80.9 cm³/mol. The topological polar surface area (TPSA) is 53.9 Å². The maximum absolute atomic E-state index is 4.62. The number of nitrogens with one attached hydrogen (secondary N) is 1. The van der Waals surface area contributed by atoms with Gasteiger partial charge in [-0.25, -0.2) is 9.97 Å². The van der Waals surface area contributed by atoms with Crippen molar-refractivity contribution in [2.45, 2.75) is 32.2 Å². The maximum Gasteiger partial charge on any atom is 0.180 e. The molecular formula is C15H21N5. The lowest BCUT2D eigenvalue weighted by atomic mass is 10.0. The average Bonchev–Trinajstić information content (AvgIpc) is 2.53. The van der Waals surface area contributed by atoms with E-state index < -0.39 is 0 Å². The quantitative estimate of drug-likeness (QED) is 0.921. The summed E-state index contributed by atoms with van der Waals surface area (Å²) in [6.45, 7) is 5.44. The Morgan fingerprint density at radius 2 is 2.00 bits per heavy atom. The molecule has 0 spiro atoms. The van der Waals surface area contributed by atoms with Crippen molar-refractivity contribution in [3.8, 4) is 0 Å². The number of piperidine rings is 1. The van der Waals surface area contributed by atoms with Gasteiger partial charge < -0.3 is 10.2 Å². The van der Waals surface area contributed by atoms with E-state index in [0.717, 1.165) is 36.6 Å². The Morgan fingerprint density at radius 3 is 2.80 bits per heavy atom. The first kappa shape index (κ1) is 13.2. The molecule has 0 amide bonds. The summed E-state index contributed by atoms with van der Waals surface area (Å²) in [6, 6.07) is 4.72. The van der Waals surface area contributed by atoms with E-state index in [-0.39, 0.29) is 0 Å². The Kier molecular flexibility index (Phi) is 4.06. The monoisotopic (exact) mass is 271 g/mol. The summed E-state index contributed by atoms with van der Waals surface area (Å²) in [5.74, 6) is 1.02. The molecule has 1 aliphatic heterocycles. The molecule has 0 saturated carbocycles. The summed E-state index contributed by atoms with van der Waals surface area (Å²) in [5, 5.41) is 3.60. The number of pyridine rings is 1. The number of rotatable bonds is 4. The number of nitrogens with zero attached hydrogens (tertiary/aromatic N) is 4. The van der Waals surface area contributed by atoms with Crippen molar-refractivity contribution in [3.05, 3.63) is 24.5 Å². The van der Waals surface area contributed by atoms with Gasteiger partial charge in [-0.1, -0.05) is 6.92 Å². The molecule has 2 aromatic heterocycles. The lowest BCUT2D eigenvalue weighted by molar-refractivity contribution is 0.415. The van der Waals surface area contributed by atoms with Crippen molar-refractivity contribution in [1.82, 2.24) is 20.3 Å². The van der Waals surface area contributed by atoms with Crippen LogP contribution in [0.2, 0.25) is 0 Å². The molecule has 0 radical (unpaired) electrons. The van der Waals surface area contributed by atoms with Gasteiger partial charge in [-0.3, -0.25) is 4.98 Å². The van der Waals surface area contributed by atoms with E-state index in [0.29, 0.717) is 6.04 Å². The standard InChI is InChI=1S/C15H21N5/c1-2-7-16-12-5-10-20(11-6-12)14-4-3-13-15(19-14)18-9-8-17-13/h3-4,8-9,12,16H,2,5-7,10-11H2,1H3. The predicted octanol–water partition coefficient (Wildman–Crippen LogP) is 1.99. The van der Waals surface area contributed by atoms with Gasteiger partial charge in [0, 0.05) is 31.5 Å². The van der Waals surface area contributed by atoms with Crippen LogP contribution in [0.4, 0.5) is 5.82 Å². The van der Waals surface area contributed by atoms with Crippen LogP contribution < -0.4 is 10.2 Å². The van der Waals surface area contributed by atoms with E-state index in [1.807, 2.05) is 6.07 Å². The molecule has 5 nitrogen and oxygen atoms in total.